The van der Waals surface area contributed by atoms with Crippen LogP contribution in [-0.4, -0.2) is 24.2 Å². The highest BCUT2D eigenvalue weighted by molar-refractivity contribution is 14.1. The van der Waals surface area contributed by atoms with Gasteiger partial charge in [-0.3, -0.25) is 0 Å². The number of aromatic nitrogens is 2. The summed E-state index contributed by atoms with van der Waals surface area (Å²) in [7, 11) is 3.26. The molecule has 2 aromatic carbocycles. The molecule has 0 saturated carbocycles. The molecule has 0 fully saturated rings. The number of fused-ring (bicyclic) bond motifs is 2. The number of alkyl halides is 1. The van der Waals surface area contributed by atoms with E-state index < -0.39 is 0 Å². The quantitative estimate of drug-likeness (QED) is 0.126. The number of nitrogens with zero attached hydrogens (tertiary/aromatic N) is 2. The topological polar surface area (TPSA) is 56.3 Å². The van der Waals surface area contributed by atoms with Crippen LogP contribution in [0.5, 0.6) is 11.5 Å². The molecule has 1 N–H and O–H groups in total. The zero-order valence-corrected chi connectivity index (χ0v) is 22.4. The molecule has 0 saturated heterocycles. The van der Waals surface area contributed by atoms with Gasteiger partial charge < -0.3 is 14.8 Å². The molecule has 0 aliphatic carbocycles. The molecule has 5 nitrogen and oxygen atoms in total. The molecule has 0 radical (unpaired) electrons. The van der Waals surface area contributed by atoms with Gasteiger partial charge in [0.25, 0.3) is 0 Å². The van der Waals surface area contributed by atoms with E-state index in [0.29, 0.717) is 17.3 Å². The van der Waals surface area contributed by atoms with Gasteiger partial charge in [0.15, 0.2) is 11.5 Å². The molecule has 168 valence electrons. The number of rotatable bonds is 6. The van der Waals surface area contributed by atoms with Crippen molar-refractivity contribution in [1.82, 2.24) is 9.97 Å². The number of anilines is 1. The van der Waals surface area contributed by atoms with Gasteiger partial charge in [-0.05, 0) is 60.7 Å². The Morgan fingerprint density at radius 1 is 0.970 bits per heavy atom. The van der Waals surface area contributed by atoms with E-state index >= 15 is 0 Å². The first kappa shape index (κ1) is 22.4. The predicted octanol–water partition coefficient (Wildman–Crippen LogP) is 7.62. The molecular formula is C25H22IN3O2S2. The zero-order chi connectivity index (χ0) is 23.2. The monoisotopic (exact) mass is 587 g/mol. The van der Waals surface area contributed by atoms with Crippen molar-refractivity contribution in [2.24, 2.45) is 0 Å². The minimum absolute atomic E-state index is 0.368. The first-order valence-corrected chi connectivity index (χ1v) is 13.1. The third kappa shape index (κ3) is 4.15. The summed E-state index contributed by atoms with van der Waals surface area (Å²) in [5.74, 6) is 2.77. The lowest BCUT2D eigenvalue weighted by Gasteiger charge is -2.25. The summed E-state index contributed by atoms with van der Waals surface area (Å²) in [6.45, 7) is 4.07. The largest absolute Gasteiger partial charge is 0.493 e. The molecule has 1 atom stereocenters. The molecule has 1 unspecified atom stereocenters. The molecule has 5 rings (SSSR count). The van der Waals surface area contributed by atoms with Gasteiger partial charge in [0.1, 0.15) is 15.2 Å². The molecule has 5 aromatic rings. The molecule has 33 heavy (non-hydrogen) atoms. The van der Waals surface area contributed by atoms with Crippen LogP contribution in [-0.2, 0) is 3.55 Å². The van der Waals surface area contributed by atoms with Crippen molar-refractivity contribution < 1.29 is 9.47 Å². The average molecular weight is 588 g/mol. The molecule has 0 bridgehead atoms. The van der Waals surface area contributed by atoms with E-state index in [1.54, 1.807) is 36.9 Å². The standard InChI is InChI=1S/C25H22IN3O2S2/c1-14-27-18-12-20(31-4)19(30-3)11-16(18)24(28-14)29-25(2,26)23-10-9-22(33-23)17-13-32-21-8-6-5-7-15(17)21/h5-13H,1-4H3,(H,27,28,29). The molecule has 3 aromatic heterocycles. The average Bonchev–Trinajstić information content (AvgIpc) is 3.45. The van der Waals surface area contributed by atoms with E-state index in [0.717, 1.165) is 16.7 Å². The third-order valence-electron chi connectivity index (χ3n) is 5.48. The maximum absolute atomic E-state index is 5.52. The van der Waals surface area contributed by atoms with E-state index in [2.05, 4.69) is 81.6 Å². The van der Waals surface area contributed by atoms with Gasteiger partial charge in [0.05, 0.1) is 19.7 Å². The third-order valence-corrected chi connectivity index (χ3v) is 9.00. The summed E-state index contributed by atoms with van der Waals surface area (Å²) >= 11 is 6.05. The van der Waals surface area contributed by atoms with Gasteiger partial charge >= 0.3 is 0 Å². The van der Waals surface area contributed by atoms with Crippen LogP contribution in [0, 0.1) is 6.92 Å². The first-order valence-electron chi connectivity index (χ1n) is 10.3. The van der Waals surface area contributed by atoms with Crippen LogP contribution in [0.3, 0.4) is 0 Å². The minimum Gasteiger partial charge on any atom is -0.493 e. The Labute approximate surface area is 213 Å². The van der Waals surface area contributed by atoms with Crippen LogP contribution in [0.2, 0.25) is 0 Å². The zero-order valence-electron chi connectivity index (χ0n) is 18.6. The Kier molecular flexibility index (Phi) is 5.92. The molecule has 0 aliphatic heterocycles. The molecule has 0 aliphatic rings. The first-order chi connectivity index (χ1) is 15.9. The summed E-state index contributed by atoms with van der Waals surface area (Å²) < 4.78 is 11.9. The van der Waals surface area contributed by atoms with Gasteiger partial charge in [-0.1, -0.05) is 18.2 Å². The molecular weight excluding hydrogens is 565 g/mol. The van der Waals surface area contributed by atoms with Gasteiger partial charge in [-0.2, -0.15) is 0 Å². The Hall–Kier alpha value is -2.43. The van der Waals surface area contributed by atoms with Crippen molar-refractivity contribution in [3.63, 3.8) is 0 Å². The van der Waals surface area contributed by atoms with Gasteiger partial charge in [-0.15, -0.1) is 22.7 Å². The second-order valence-corrected chi connectivity index (χ2v) is 11.9. The van der Waals surface area contributed by atoms with E-state index in [9.17, 15) is 0 Å². The smallest absolute Gasteiger partial charge is 0.162 e. The number of ether oxygens (including phenoxy) is 2. The number of hydrogen-bond acceptors (Lipinski definition) is 7. The lowest BCUT2D eigenvalue weighted by atomic mass is 10.1. The van der Waals surface area contributed by atoms with Crippen molar-refractivity contribution in [2.45, 2.75) is 17.4 Å². The van der Waals surface area contributed by atoms with Crippen molar-refractivity contribution in [2.75, 3.05) is 19.5 Å². The normalized spacial score (nSPS) is 13.2. The van der Waals surface area contributed by atoms with Crippen LogP contribution in [0.25, 0.3) is 31.4 Å². The minimum atomic E-state index is -0.368. The number of benzene rings is 2. The number of nitrogens with one attached hydrogen (secondary N) is 1. The van der Waals surface area contributed by atoms with E-state index in [-0.39, 0.29) is 3.55 Å². The van der Waals surface area contributed by atoms with Crippen LogP contribution >= 0.6 is 45.3 Å². The summed E-state index contributed by atoms with van der Waals surface area (Å²) in [6.07, 6.45) is 0. The number of methoxy groups -OCH3 is 2. The Balaban J connectivity index is 1.53. The SMILES string of the molecule is COc1cc2nc(C)nc(NC(C)(I)c3ccc(-c4csc5ccccc45)s3)c2cc1OC. The van der Waals surface area contributed by atoms with Crippen LogP contribution in [0.1, 0.15) is 17.6 Å². The maximum atomic E-state index is 5.52. The van der Waals surface area contributed by atoms with E-state index in [1.165, 1.54) is 25.4 Å². The number of aryl methyl sites for hydroxylation is 1. The van der Waals surface area contributed by atoms with Crippen LogP contribution < -0.4 is 14.8 Å². The summed E-state index contributed by atoms with van der Waals surface area (Å²) in [4.78, 5) is 11.8. The van der Waals surface area contributed by atoms with Crippen molar-refractivity contribution >= 4 is 72.1 Å². The summed E-state index contributed by atoms with van der Waals surface area (Å²) in [5, 5.41) is 8.10. The Morgan fingerprint density at radius 3 is 2.52 bits per heavy atom. The molecule has 8 heteroatoms. The second-order valence-electron chi connectivity index (χ2n) is 7.78. The fraction of sp³-hybridized carbons (Fsp3) is 0.200. The fourth-order valence-electron chi connectivity index (χ4n) is 3.85. The number of thiophene rings is 2. The summed E-state index contributed by atoms with van der Waals surface area (Å²) in [6, 6.07) is 16.8. The predicted molar refractivity (Wildman–Crippen MR) is 148 cm³/mol. The van der Waals surface area contributed by atoms with Gasteiger partial charge in [-0.25, -0.2) is 9.97 Å². The van der Waals surface area contributed by atoms with E-state index in [4.69, 9.17) is 14.5 Å². The van der Waals surface area contributed by atoms with Crippen LogP contribution in [0.15, 0.2) is 53.9 Å². The molecule has 0 spiro atoms. The summed E-state index contributed by atoms with van der Waals surface area (Å²) in [5.41, 5.74) is 2.10. The Morgan fingerprint density at radius 2 is 1.73 bits per heavy atom. The van der Waals surface area contributed by atoms with Gasteiger partial charge in [0.2, 0.25) is 0 Å². The maximum Gasteiger partial charge on any atom is 0.162 e. The second kappa shape index (κ2) is 8.73. The van der Waals surface area contributed by atoms with Crippen molar-refractivity contribution in [3.8, 4) is 21.9 Å². The lowest BCUT2D eigenvalue weighted by Crippen LogP contribution is -2.24. The lowest BCUT2D eigenvalue weighted by molar-refractivity contribution is 0.356. The highest BCUT2D eigenvalue weighted by Gasteiger charge is 2.27. The van der Waals surface area contributed by atoms with E-state index in [1.807, 2.05) is 19.1 Å². The van der Waals surface area contributed by atoms with Gasteiger partial charge in [0, 0.05) is 42.2 Å². The fourth-order valence-corrected chi connectivity index (χ4v) is 6.69. The number of hydrogen-bond donors (Lipinski definition) is 1. The highest BCUT2D eigenvalue weighted by atomic mass is 127. The Bertz CT molecular complexity index is 1480. The number of halogens is 1. The molecule has 3 heterocycles. The highest BCUT2D eigenvalue weighted by Crippen LogP contribution is 2.44. The van der Waals surface area contributed by atoms with Crippen molar-refractivity contribution in [3.05, 3.63) is 64.6 Å². The van der Waals surface area contributed by atoms with Crippen LogP contribution in [0.4, 0.5) is 5.82 Å². The molecule has 0 amide bonds. The van der Waals surface area contributed by atoms with Crippen molar-refractivity contribution in [1.29, 1.82) is 0 Å².